The Hall–Kier alpha value is -3.30. The number of hydrogen-bond acceptors (Lipinski definition) is 6. The van der Waals surface area contributed by atoms with Gasteiger partial charge in [0.2, 0.25) is 0 Å². The number of aromatic nitrogens is 4. The number of imidazole rings is 1. The average molecular weight is 491 g/mol. The number of nitrogens with zero attached hydrogens (tertiary/aromatic N) is 5. The van der Waals surface area contributed by atoms with E-state index in [1.807, 2.05) is 29.8 Å². The number of nitrogens with one attached hydrogen (secondary N) is 1. The third-order valence-corrected chi connectivity index (χ3v) is 8.06. The van der Waals surface area contributed by atoms with Crippen LogP contribution in [-0.4, -0.2) is 58.5 Å². The molecule has 2 fully saturated rings. The van der Waals surface area contributed by atoms with Gasteiger partial charge in [0.15, 0.2) is 0 Å². The first-order valence-electron chi connectivity index (χ1n) is 12.6. The molecule has 0 spiro atoms. The normalized spacial score (nSPS) is 20.8. The van der Waals surface area contributed by atoms with Crippen molar-refractivity contribution in [3.63, 3.8) is 0 Å². The van der Waals surface area contributed by atoms with Gasteiger partial charge in [0.25, 0.3) is 0 Å². The van der Waals surface area contributed by atoms with Gasteiger partial charge in [-0.2, -0.15) is 0 Å². The van der Waals surface area contributed by atoms with E-state index in [4.69, 9.17) is 4.74 Å². The summed E-state index contributed by atoms with van der Waals surface area (Å²) in [5, 5.41) is 4.11. The van der Waals surface area contributed by atoms with Crippen molar-refractivity contribution in [2.24, 2.45) is 7.05 Å². The van der Waals surface area contributed by atoms with E-state index < -0.39 is 0 Å². The van der Waals surface area contributed by atoms with Gasteiger partial charge in [-0.3, -0.25) is 14.1 Å². The van der Waals surface area contributed by atoms with Gasteiger partial charge in [0, 0.05) is 68.1 Å². The SMILES string of the molecule is CNC1CCN(c2ccc(-c3cc4c(cc3F)ncc3c4n([C@H]4C[C@@H](OC)C4)c(=O)n3C)cn2)CC1. The summed E-state index contributed by atoms with van der Waals surface area (Å²) in [4.78, 5) is 24.6. The minimum Gasteiger partial charge on any atom is -0.381 e. The van der Waals surface area contributed by atoms with Crippen molar-refractivity contribution in [3.05, 3.63) is 53.0 Å². The van der Waals surface area contributed by atoms with Crippen molar-refractivity contribution in [2.75, 3.05) is 32.1 Å². The number of halogens is 1. The Labute approximate surface area is 208 Å². The van der Waals surface area contributed by atoms with Crippen molar-refractivity contribution < 1.29 is 9.13 Å². The highest BCUT2D eigenvalue weighted by atomic mass is 19.1. The molecule has 0 atom stereocenters. The van der Waals surface area contributed by atoms with Gasteiger partial charge < -0.3 is 15.0 Å². The minimum absolute atomic E-state index is 0.0539. The lowest BCUT2D eigenvalue weighted by Crippen LogP contribution is -2.41. The summed E-state index contributed by atoms with van der Waals surface area (Å²) >= 11 is 0. The lowest BCUT2D eigenvalue weighted by molar-refractivity contribution is 0.00635. The molecule has 36 heavy (non-hydrogen) atoms. The van der Waals surface area contributed by atoms with E-state index in [0.717, 1.165) is 61.0 Å². The van der Waals surface area contributed by atoms with E-state index in [-0.39, 0.29) is 23.7 Å². The van der Waals surface area contributed by atoms with Crippen LogP contribution in [-0.2, 0) is 11.8 Å². The number of pyridine rings is 2. The number of aryl methyl sites for hydroxylation is 1. The number of anilines is 1. The highest BCUT2D eigenvalue weighted by molar-refractivity contribution is 6.04. The Morgan fingerprint density at radius 1 is 1.11 bits per heavy atom. The van der Waals surface area contributed by atoms with Crippen molar-refractivity contribution in [3.8, 4) is 11.1 Å². The molecular formula is C27H31FN6O2. The molecule has 1 aliphatic carbocycles. The molecule has 0 bridgehead atoms. The quantitative estimate of drug-likeness (QED) is 0.461. The molecule has 2 aliphatic rings. The molecule has 188 valence electrons. The zero-order valence-corrected chi connectivity index (χ0v) is 20.9. The van der Waals surface area contributed by atoms with Gasteiger partial charge in [0.1, 0.15) is 11.6 Å². The molecule has 1 N–H and O–H groups in total. The molecule has 0 unspecified atom stereocenters. The van der Waals surface area contributed by atoms with Crippen molar-refractivity contribution in [1.29, 1.82) is 0 Å². The molecule has 1 aliphatic heterocycles. The number of ether oxygens (including phenoxy) is 1. The monoisotopic (exact) mass is 490 g/mol. The summed E-state index contributed by atoms with van der Waals surface area (Å²) in [6, 6.07) is 7.78. The minimum atomic E-state index is -0.355. The van der Waals surface area contributed by atoms with Crippen molar-refractivity contribution >= 4 is 27.8 Å². The Balaban J connectivity index is 1.41. The van der Waals surface area contributed by atoms with Gasteiger partial charge in [-0.05, 0) is 50.9 Å². The summed E-state index contributed by atoms with van der Waals surface area (Å²) in [7, 11) is 5.46. The number of fused-ring (bicyclic) bond motifs is 3. The second-order valence-electron chi connectivity index (χ2n) is 9.99. The first kappa shape index (κ1) is 23.1. The highest BCUT2D eigenvalue weighted by Gasteiger charge is 2.34. The summed E-state index contributed by atoms with van der Waals surface area (Å²) in [5.74, 6) is 0.555. The average Bonchev–Trinajstić information content (AvgIpc) is 3.13. The molecule has 4 heterocycles. The third kappa shape index (κ3) is 3.69. The molecule has 9 heteroatoms. The van der Waals surface area contributed by atoms with Gasteiger partial charge in [-0.25, -0.2) is 14.2 Å². The maximum Gasteiger partial charge on any atom is 0.329 e. The number of methoxy groups -OCH3 is 1. The smallest absolute Gasteiger partial charge is 0.329 e. The van der Waals surface area contributed by atoms with Gasteiger partial charge in [-0.1, -0.05) is 0 Å². The molecular weight excluding hydrogens is 459 g/mol. The first-order chi connectivity index (χ1) is 17.5. The van der Waals surface area contributed by atoms with Crippen LogP contribution in [0.4, 0.5) is 10.2 Å². The van der Waals surface area contributed by atoms with Crippen LogP contribution in [0.3, 0.4) is 0 Å². The fraction of sp³-hybridized carbons (Fsp3) is 0.444. The lowest BCUT2D eigenvalue weighted by Gasteiger charge is -2.34. The lowest BCUT2D eigenvalue weighted by atomic mass is 9.89. The molecule has 1 saturated carbocycles. The van der Waals surface area contributed by atoms with Crippen LogP contribution in [0.2, 0.25) is 0 Å². The van der Waals surface area contributed by atoms with Crippen LogP contribution in [0, 0.1) is 5.82 Å². The maximum absolute atomic E-state index is 15.3. The fourth-order valence-electron chi connectivity index (χ4n) is 5.68. The molecule has 6 rings (SSSR count). The summed E-state index contributed by atoms with van der Waals surface area (Å²) in [6.45, 7) is 1.89. The highest BCUT2D eigenvalue weighted by Crippen LogP contribution is 2.38. The predicted octanol–water partition coefficient (Wildman–Crippen LogP) is 3.63. The fourth-order valence-corrected chi connectivity index (χ4v) is 5.68. The predicted molar refractivity (Wildman–Crippen MR) is 139 cm³/mol. The third-order valence-electron chi connectivity index (χ3n) is 8.06. The summed E-state index contributed by atoms with van der Waals surface area (Å²) < 4.78 is 24.2. The van der Waals surface area contributed by atoms with E-state index in [9.17, 15) is 4.79 Å². The van der Waals surface area contributed by atoms with Crippen LogP contribution < -0.4 is 15.9 Å². The van der Waals surface area contributed by atoms with E-state index >= 15 is 4.39 Å². The Kier molecular flexibility index (Phi) is 5.76. The van der Waals surface area contributed by atoms with Gasteiger partial charge in [0.05, 0.1) is 28.9 Å². The Morgan fingerprint density at radius 3 is 2.56 bits per heavy atom. The summed E-state index contributed by atoms with van der Waals surface area (Å²) in [5.41, 5.74) is 3.14. The zero-order valence-electron chi connectivity index (χ0n) is 20.9. The van der Waals surface area contributed by atoms with E-state index in [0.29, 0.717) is 22.7 Å². The van der Waals surface area contributed by atoms with Crippen LogP contribution in [0.15, 0.2) is 41.5 Å². The standard InChI is InChI=1S/C27H31FN6O2/c1-29-17-6-8-33(9-7-17)25-5-4-16(14-31-25)20-12-21-23(13-22(20)28)30-15-24-26(21)34(27(35)32(24)2)18-10-19(11-18)36-3/h4-5,12-15,17-19,29H,6-11H2,1-3H3/t18-,19+. The number of piperidine rings is 1. The molecule has 3 aromatic heterocycles. The van der Waals surface area contributed by atoms with Crippen LogP contribution in [0.1, 0.15) is 31.7 Å². The molecule has 8 nitrogen and oxygen atoms in total. The van der Waals surface area contributed by atoms with Gasteiger partial charge >= 0.3 is 5.69 Å². The molecule has 1 saturated heterocycles. The van der Waals surface area contributed by atoms with Gasteiger partial charge in [-0.15, -0.1) is 0 Å². The molecule has 0 amide bonds. The topological polar surface area (TPSA) is 77.2 Å². The second kappa shape index (κ2) is 8.97. The Morgan fingerprint density at radius 2 is 1.89 bits per heavy atom. The van der Waals surface area contributed by atoms with E-state index in [1.165, 1.54) is 6.07 Å². The second-order valence-corrected chi connectivity index (χ2v) is 9.99. The zero-order chi connectivity index (χ0) is 25.0. The maximum atomic E-state index is 15.3. The van der Waals surface area contributed by atoms with Crippen molar-refractivity contribution in [2.45, 2.75) is 43.9 Å². The number of rotatable bonds is 5. The van der Waals surface area contributed by atoms with Crippen LogP contribution in [0.25, 0.3) is 33.1 Å². The van der Waals surface area contributed by atoms with E-state index in [1.54, 1.807) is 31.1 Å². The molecule has 0 radical (unpaired) electrons. The van der Waals surface area contributed by atoms with Crippen LogP contribution in [0.5, 0.6) is 0 Å². The van der Waals surface area contributed by atoms with E-state index in [2.05, 4.69) is 20.2 Å². The molecule has 1 aromatic carbocycles. The molecule has 4 aromatic rings. The number of hydrogen-bond donors (Lipinski definition) is 1. The Bertz CT molecular complexity index is 1480. The largest absolute Gasteiger partial charge is 0.381 e. The van der Waals surface area contributed by atoms with Crippen LogP contribution >= 0.6 is 0 Å². The number of benzene rings is 1. The summed E-state index contributed by atoms with van der Waals surface area (Å²) in [6.07, 6.45) is 7.28. The van der Waals surface area contributed by atoms with Crippen molar-refractivity contribution in [1.82, 2.24) is 24.4 Å². The first-order valence-corrected chi connectivity index (χ1v) is 12.6.